The number of benzene rings is 1. The van der Waals surface area contributed by atoms with Gasteiger partial charge in [-0.25, -0.2) is 0 Å². The van der Waals surface area contributed by atoms with Crippen molar-refractivity contribution in [3.8, 4) is 6.07 Å². The molecular formula is C19H25N3O2. The molecule has 2 amide bonds. The third-order valence-corrected chi connectivity index (χ3v) is 4.89. The van der Waals surface area contributed by atoms with Gasteiger partial charge in [0.2, 0.25) is 5.91 Å². The summed E-state index contributed by atoms with van der Waals surface area (Å²) in [6.45, 7) is 3.62. The molecule has 5 heteroatoms. The summed E-state index contributed by atoms with van der Waals surface area (Å²) >= 11 is 0. The van der Waals surface area contributed by atoms with Crippen LogP contribution in [-0.2, 0) is 4.79 Å². The third kappa shape index (κ3) is 4.35. The molecule has 2 atom stereocenters. The number of piperidine rings is 1. The van der Waals surface area contributed by atoms with Crippen molar-refractivity contribution in [1.29, 1.82) is 5.26 Å². The van der Waals surface area contributed by atoms with Gasteiger partial charge in [-0.1, -0.05) is 31.5 Å². The number of nitrogens with zero attached hydrogens (tertiary/aromatic N) is 3. The van der Waals surface area contributed by atoms with Crippen LogP contribution in [0.15, 0.2) is 30.3 Å². The molecule has 0 saturated carbocycles. The highest BCUT2D eigenvalue weighted by molar-refractivity contribution is 5.94. The average molecular weight is 327 g/mol. The molecule has 0 unspecified atom stereocenters. The van der Waals surface area contributed by atoms with Crippen molar-refractivity contribution in [2.75, 3.05) is 26.7 Å². The molecule has 128 valence electrons. The van der Waals surface area contributed by atoms with Gasteiger partial charge < -0.3 is 9.80 Å². The fraction of sp³-hybridized carbons (Fsp3) is 0.526. The van der Waals surface area contributed by atoms with E-state index in [-0.39, 0.29) is 24.3 Å². The van der Waals surface area contributed by atoms with E-state index >= 15 is 0 Å². The highest BCUT2D eigenvalue weighted by Crippen LogP contribution is 2.30. The van der Waals surface area contributed by atoms with Crippen LogP contribution < -0.4 is 0 Å². The molecule has 24 heavy (non-hydrogen) atoms. The SMILES string of the molecule is CC[C@@H]1CN(C(=O)c2ccccc2)CC[C@H]1CC(=O)N(C)CC#N. The molecule has 1 heterocycles. The second-order valence-corrected chi connectivity index (χ2v) is 6.45. The number of amides is 2. The molecule has 5 nitrogen and oxygen atoms in total. The van der Waals surface area contributed by atoms with Crippen LogP contribution in [-0.4, -0.2) is 48.3 Å². The minimum absolute atomic E-state index is 0.0165. The van der Waals surface area contributed by atoms with Crippen LogP contribution in [0.5, 0.6) is 0 Å². The number of hydrogen-bond acceptors (Lipinski definition) is 3. The van der Waals surface area contributed by atoms with Gasteiger partial charge in [0.25, 0.3) is 5.91 Å². The summed E-state index contributed by atoms with van der Waals surface area (Å²) in [7, 11) is 1.67. The molecule has 0 bridgehead atoms. The van der Waals surface area contributed by atoms with Crippen LogP contribution in [0.4, 0.5) is 0 Å². The van der Waals surface area contributed by atoms with Crippen LogP contribution in [0.1, 0.15) is 36.5 Å². The number of rotatable bonds is 5. The zero-order chi connectivity index (χ0) is 17.5. The summed E-state index contributed by atoms with van der Waals surface area (Å²) in [4.78, 5) is 28.2. The lowest BCUT2D eigenvalue weighted by atomic mass is 9.81. The standard InChI is InChI=1S/C19H25N3O2/c1-3-15-14-22(19(24)16-7-5-4-6-8-16)11-9-17(15)13-18(23)21(2)12-10-20/h4-8,15,17H,3,9,11-14H2,1-2H3/t15-,17+/m1/s1. The number of nitriles is 1. The normalized spacial score (nSPS) is 20.3. The van der Waals surface area contributed by atoms with Crippen molar-refractivity contribution in [2.24, 2.45) is 11.8 Å². The van der Waals surface area contributed by atoms with Gasteiger partial charge in [-0.05, 0) is 30.4 Å². The lowest BCUT2D eigenvalue weighted by Gasteiger charge is -2.38. The predicted octanol–water partition coefficient (Wildman–Crippen LogP) is 2.55. The van der Waals surface area contributed by atoms with Gasteiger partial charge >= 0.3 is 0 Å². The van der Waals surface area contributed by atoms with Crippen molar-refractivity contribution >= 4 is 11.8 Å². The molecule has 1 fully saturated rings. The van der Waals surface area contributed by atoms with E-state index in [4.69, 9.17) is 5.26 Å². The summed E-state index contributed by atoms with van der Waals surface area (Å²) in [5.74, 6) is 0.692. The van der Waals surface area contributed by atoms with E-state index in [0.717, 1.165) is 18.4 Å². The fourth-order valence-corrected chi connectivity index (χ4v) is 3.33. The van der Waals surface area contributed by atoms with Crippen molar-refractivity contribution in [3.05, 3.63) is 35.9 Å². The zero-order valence-corrected chi connectivity index (χ0v) is 14.4. The second kappa shape index (κ2) is 8.49. The van der Waals surface area contributed by atoms with E-state index in [1.54, 1.807) is 7.05 Å². The molecule has 1 aliphatic rings. The quantitative estimate of drug-likeness (QED) is 0.781. The molecule has 0 N–H and O–H groups in total. The number of likely N-dealkylation sites (tertiary alicyclic amines) is 1. The van der Waals surface area contributed by atoms with Crippen molar-refractivity contribution in [3.63, 3.8) is 0 Å². The predicted molar refractivity (Wildman–Crippen MR) is 92.1 cm³/mol. The lowest BCUT2D eigenvalue weighted by Crippen LogP contribution is -2.45. The molecule has 0 aromatic heterocycles. The minimum atomic E-state index is 0.0165. The van der Waals surface area contributed by atoms with E-state index in [9.17, 15) is 9.59 Å². The fourth-order valence-electron chi connectivity index (χ4n) is 3.33. The van der Waals surface area contributed by atoms with Crippen LogP contribution in [0, 0.1) is 23.2 Å². The first-order valence-electron chi connectivity index (χ1n) is 8.52. The molecule has 0 radical (unpaired) electrons. The number of hydrogen-bond donors (Lipinski definition) is 0. The Labute approximate surface area is 143 Å². The first kappa shape index (κ1) is 18.0. The van der Waals surface area contributed by atoms with Crippen molar-refractivity contribution in [1.82, 2.24) is 9.80 Å². The summed E-state index contributed by atoms with van der Waals surface area (Å²) < 4.78 is 0. The summed E-state index contributed by atoms with van der Waals surface area (Å²) in [6, 6.07) is 11.3. The Hall–Kier alpha value is -2.35. The van der Waals surface area contributed by atoms with Gasteiger partial charge in [-0.15, -0.1) is 0 Å². The van der Waals surface area contributed by atoms with Crippen LogP contribution in [0.3, 0.4) is 0 Å². The minimum Gasteiger partial charge on any atom is -0.338 e. The van der Waals surface area contributed by atoms with Crippen molar-refractivity contribution < 1.29 is 9.59 Å². The van der Waals surface area contributed by atoms with Gasteiger partial charge in [-0.3, -0.25) is 9.59 Å². The average Bonchev–Trinajstić information content (AvgIpc) is 2.62. The van der Waals surface area contributed by atoms with E-state index < -0.39 is 0 Å². The van der Waals surface area contributed by atoms with E-state index in [1.807, 2.05) is 41.3 Å². The second-order valence-electron chi connectivity index (χ2n) is 6.45. The molecular weight excluding hydrogens is 302 g/mol. The van der Waals surface area contributed by atoms with E-state index in [0.29, 0.717) is 25.4 Å². The van der Waals surface area contributed by atoms with E-state index in [1.165, 1.54) is 4.90 Å². The van der Waals surface area contributed by atoms with Gasteiger partial charge in [0.05, 0.1) is 6.07 Å². The molecule has 1 aliphatic heterocycles. The monoisotopic (exact) mass is 327 g/mol. The molecule has 2 rings (SSSR count). The van der Waals surface area contributed by atoms with Crippen LogP contribution in [0.25, 0.3) is 0 Å². The number of carbonyl (C=O) groups excluding carboxylic acids is 2. The number of carbonyl (C=O) groups is 2. The Morgan fingerprint density at radius 3 is 2.62 bits per heavy atom. The molecule has 1 aromatic carbocycles. The highest BCUT2D eigenvalue weighted by Gasteiger charge is 2.32. The third-order valence-electron chi connectivity index (χ3n) is 4.89. The molecule has 1 saturated heterocycles. The molecule has 0 aliphatic carbocycles. The zero-order valence-electron chi connectivity index (χ0n) is 14.4. The van der Waals surface area contributed by atoms with Gasteiger partial charge in [0.15, 0.2) is 0 Å². The van der Waals surface area contributed by atoms with Crippen LogP contribution >= 0.6 is 0 Å². The smallest absolute Gasteiger partial charge is 0.253 e. The summed E-state index contributed by atoms with van der Waals surface area (Å²) in [6.07, 6.45) is 2.24. The molecule has 0 spiro atoms. The Morgan fingerprint density at radius 2 is 2.00 bits per heavy atom. The maximum atomic E-state index is 12.6. The largest absolute Gasteiger partial charge is 0.338 e. The Kier molecular flexibility index (Phi) is 6.36. The van der Waals surface area contributed by atoms with E-state index in [2.05, 4.69) is 6.92 Å². The van der Waals surface area contributed by atoms with Gasteiger partial charge in [0, 0.05) is 32.1 Å². The van der Waals surface area contributed by atoms with Crippen molar-refractivity contribution in [2.45, 2.75) is 26.2 Å². The first-order chi connectivity index (χ1) is 11.6. The van der Waals surface area contributed by atoms with Gasteiger partial charge in [-0.2, -0.15) is 5.26 Å². The summed E-state index contributed by atoms with van der Waals surface area (Å²) in [5, 5.41) is 8.71. The van der Waals surface area contributed by atoms with Crippen LogP contribution in [0.2, 0.25) is 0 Å². The Morgan fingerprint density at radius 1 is 1.29 bits per heavy atom. The maximum absolute atomic E-state index is 12.6. The lowest BCUT2D eigenvalue weighted by molar-refractivity contribution is -0.131. The first-order valence-corrected chi connectivity index (χ1v) is 8.52. The summed E-state index contributed by atoms with van der Waals surface area (Å²) in [5.41, 5.74) is 0.718. The molecule has 1 aromatic rings. The maximum Gasteiger partial charge on any atom is 0.253 e. The van der Waals surface area contributed by atoms with Gasteiger partial charge in [0.1, 0.15) is 6.54 Å². The Balaban J connectivity index is 1.97. The topological polar surface area (TPSA) is 64.4 Å². The highest BCUT2D eigenvalue weighted by atomic mass is 16.2. The Bertz CT molecular complexity index is 609.